The van der Waals surface area contributed by atoms with Gasteiger partial charge in [0.2, 0.25) is 0 Å². The summed E-state index contributed by atoms with van der Waals surface area (Å²) in [5.74, 6) is -1.88. The summed E-state index contributed by atoms with van der Waals surface area (Å²) in [6.45, 7) is -0.0427. The van der Waals surface area contributed by atoms with E-state index in [1.54, 1.807) is 24.3 Å². The number of nitrogens with zero attached hydrogens (tertiary/aromatic N) is 1. The molecule has 0 radical (unpaired) electrons. The Labute approximate surface area is 98.8 Å². The number of hydrogen-bond acceptors (Lipinski definition) is 3. The number of primary amides is 1. The standard InChI is InChI=1S/C11H15N3O3/c1-14(11(13)17)9-5-3-2-4-7(9)8(6-12)10(15)16/h2-5,8H,6,12H2,1H3,(H2,13,17)(H,15,16). The van der Waals surface area contributed by atoms with Crippen molar-refractivity contribution in [2.45, 2.75) is 5.92 Å². The molecule has 1 unspecified atom stereocenters. The van der Waals surface area contributed by atoms with E-state index in [2.05, 4.69) is 0 Å². The average molecular weight is 237 g/mol. The number of nitrogens with two attached hydrogens (primary N) is 2. The maximum absolute atomic E-state index is 11.1. The lowest BCUT2D eigenvalue weighted by atomic mass is 9.97. The first kappa shape index (κ1) is 13.0. The molecule has 1 rings (SSSR count). The number of rotatable bonds is 4. The first-order valence-corrected chi connectivity index (χ1v) is 5.04. The number of carbonyl (C=O) groups excluding carboxylic acids is 1. The number of aliphatic carboxylic acids is 1. The summed E-state index contributed by atoms with van der Waals surface area (Å²) >= 11 is 0. The molecular formula is C11H15N3O3. The maximum atomic E-state index is 11.1. The van der Waals surface area contributed by atoms with Crippen LogP contribution in [0, 0.1) is 0 Å². The summed E-state index contributed by atoms with van der Waals surface area (Å²) in [5, 5.41) is 9.06. The fraction of sp³-hybridized carbons (Fsp3) is 0.273. The molecule has 0 saturated carbocycles. The Morgan fingerprint density at radius 2 is 2.00 bits per heavy atom. The molecule has 17 heavy (non-hydrogen) atoms. The quantitative estimate of drug-likeness (QED) is 0.700. The molecule has 0 spiro atoms. The first-order chi connectivity index (χ1) is 7.99. The highest BCUT2D eigenvalue weighted by Gasteiger charge is 2.23. The van der Waals surface area contributed by atoms with Crippen molar-refractivity contribution in [1.29, 1.82) is 0 Å². The summed E-state index contributed by atoms with van der Waals surface area (Å²) in [6, 6.07) is 6.00. The Hall–Kier alpha value is -2.08. The molecule has 0 aliphatic rings. The van der Waals surface area contributed by atoms with Crippen LogP contribution in [0.15, 0.2) is 24.3 Å². The number of carboxylic acid groups (broad SMARTS) is 1. The Kier molecular flexibility index (Phi) is 4.06. The Morgan fingerprint density at radius 1 is 1.41 bits per heavy atom. The van der Waals surface area contributed by atoms with Crippen LogP contribution < -0.4 is 16.4 Å². The van der Waals surface area contributed by atoms with Gasteiger partial charge >= 0.3 is 12.0 Å². The van der Waals surface area contributed by atoms with Crippen LogP contribution in [0.5, 0.6) is 0 Å². The van der Waals surface area contributed by atoms with Crippen molar-refractivity contribution < 1.29 is 14.7 Å². The molecule has 6 nitrogen and oxygen atoms in total. The summed E-state index contributed by atoms with van der Waals surface area (Å²) in [7, 11) is 1.48. The molecule has 1 aromatic carbocycles. The number of amides is 2. The van der Waals surface area contributed by atoms with Gasteiger partial charge in [-0.2, -0.15) is 0 Å². The monoisotopic (exact) mass is 237 g/mol. The molecule has 0 aliphatic heterocycles. The predicted molar refractivity (Wildman–Crippen MR) is 63.9 cm³/mol. The summed E-state index contributed by atoms with van der Waals surface area (Å²) in [6.07, 6.45) is 0. The van der Waals surface area contributed by atoms with Crippen LogP contribution in [-0.2, 0) is 4.79 Å². The summed E-state index contributed by atoms with van der Waals surface area (Å²) < 4.78 is 0. The van der Waals surface area contributed by atoms with Gasteiger partial charge in [0, 0.05) is 19.3 Å². The molecule has 0 bridgehead atoms. The molecule has 0 heterocycles. The molecule has 1 atom stereocenters. The minimum Gasteiger partial charge on any atom is -0.481 e. The second-order valence-electron chi connectivity index (χ2n) is 3.58. The molecule has 0 aliphatic carbocycles. The van der Waals surface area contributed by atoms with Gasteiger partial charge in [0.25, 0.3) is 0 Å². The van der Waals surface area contributed by atoms with Crippen LogP contribution in [0.1, 0.15) is 11.5 Å². The Morgan fingerprint density at radius 3 is 2.47 bits per heavy atom. The fourth-order valence-electron chi connectivity index (χ4n) is 1.57. The predicted octanol–water partition coefficient (Wildman–Crippen LogP) is 0.328. The lowest BCUT2D eigenvalue weighted by Gasteiger charge is -2.21. The zero-order chi connectivity index (χ0) is 13.0. The first-order valence-electron chi connectivity index (χ1n) is 5.04. The van der Waals surface area contributed by atoms with Gasteiger partial charge in [0.1, 0.15) is 0 Å². The van der Waals surface area contributed by atoms with E-state index >= 15 is 0 Å². The third kappa shape index (κ3) is 2.73. The topological polar surface area (TPSA) is 110 Å². The fourth-order valence-corrected chi connectivity index (χ4v) is 1.57. The molecule has 0 saturated heterocycles. The lowest BCUT2D eigenvalue weighted by Crippen LogP contribution is -2.33. The van der Waals surface area contributed by atoms with E-state index in [1.807, 2.05) is 0 Å². The Balaban J connectivity index is 3.24. The van der Waals surface area contributed by atoms with E-state index in [4.69, 9.17) is 16.6 Å². The van der Waals surface area contributed by atoms with E-state index in [9.17, 15) is 9.59 Å². The van der Waals surface area contributed by atoms with Crippen molar-refractivity contribution in [2.75, 3.05) is 18.5 Å². The third-order valence-electron chi connectivity index (χ3n) is 2.54. The van der Waals surface area contributed by atoms with Crippen molar-refractivity contribution in [2.24, 2.45) is 11.5 Å². The zero-order valence-electron chi connectivity index (χ0n) is 9.46. The van der Waals surface area contributed by atoms with Crippen LogP contribution in [0.25, 0.3) is 0 Å². The number of anilines is 1. The van der Waals surface area contributed by atoms with Crippen LogP contribution in [0.3, 0.4) is 0 Å². The largest absolute Gasteiger partial charge is 0.481 e. The minimum absolute atomic E-state index is 0.0427. The van der Waals surface area contributed by atoms with Crippen molar-refractivity contribution in [3.63, 3.8) is 0 Å². The third-order valence-corrected chi connectivity index (χ3v) is 2.54. The van der Waals surface area contributed by atoms with Gasteiger partial charge in [-0.1, -0.05) is 18.2 Å². The van der Waals surface area contributed by atoms with Crippen LogP contribution in [0.2, 0.25) is 0 Å². The Bertz CT molecular complexity index is 434. The molecule has 6 heteroatoms. The van der Waals surface area contributed by atoms with Gasteiger partial charge < -0.3 is 16.6 Å². The van der Waals surface area contributed by atoms with Crippen molar-refractivity contribution in [3.8, 4) is 0 Å². The molecule has 1 aromatic rings. The number of para-hydroxylation sites is 1. The number of urea groups is 1. The van der Waals surface area contributed by atoms with E-state index in [-0.39, 0.29) is 6.54 Å². The number of carbonyl (C=O) groups is 2. The van der Waals surface area contributed by atoms with Crippen molar-refractivity contribution >= 4 is 17.7 Å². The van der Waals surface area contributed by atoms with Gasteiger partial charge in [-0.15, -0.1) is 0 Å². The maximum Gasteiger partial charge on any atom is 0.319 e. The van der Waals surface area contributed by atoms with Crippen molar-refractivity contribution in [1.82, 2.24) is 0 Å². The molecule has 0 fully saturated rings. The van der Waals surface area contributed by atoms with E-state index < -0.39 is 17.9 Å². The van der Waals surface area contributed by atoms with Gasteiger partial charge in [-0.3, -0.25) is 9.69 Å². The lowest BCUT2D eigenvalue weighted by molar-refractivity contribution is -0.138. The highest BCUT2D eigenvalue weighted by atomic mass is 16.4. The normalized spacial score (nSPS) is 11.9. The van der Waals surface area contributed by atoms with Crippen LogP contribution in [0.4, 0.5) is 10.5 Å². The highest BCUT2D eigenvalue weighted by molar-refractivity contribution is 5.92. The van der Waals surface area contributed by atoms with E-state index in [1.165, 1.54) is 11.9 Å². The SMILES string of the molecule is CN(C(N)=O)c1ccccc1C(CN)C(=O)O. The number of carboxylic acids is 1. The van der Waals surface area contributed by atoms with Crippen LogP contribution >= 0.6 is 0 Å². The molecule has 2 amide bonds. The van der Waals surface area contributed by atoms with Gasteiger partial charge in [-0.25, -0.2) is 4.79 Å². The molecular weight excluding hydrogens is 222 g/mol. The number of benzene rings is 1. The van der Waals surface area contributed by atoms with E-state index in [0.717, 1.165) is 0 Å². The van der Waals surface area contributed by atoms with Crippen molar-refractivity contribution in [3.05, 3.63) is 29.8 Å². The zero-order valence-corrected chi connectivity index (χ0v) is 9.46. The molecule has 0 aromatic heterocycles. The highest BCUT2D eigenvalue weighted by Crippen LogP contribution is 2.26. The van der Waals surface area contributed by atoms with E-state index in [0.29, 0.717) is 11.3 Å². The molecule has 92 valence electrons. The second kappa shape index (κ2) is 5.31. The van der Waals surface area contributed by atoms with Gasteiger partial charge in [-0.05, 0) is 11.6 Å². The van der Waals surface area contributed by atoms with Gasteiger partial charge in [0.05, 0.1) is 5.92 Å². The second-order valence-corrected chi connectivity index (χ2v) is 3.58. The van der Waals surface area contributed by atoms with Crippen LogP contribution in [-0.4, -0.2) is 30.7 Å². The smallest absolute Gasteiger partial charge is 0.319 e. The van der Waals surface area contributed by atoms with Gasteiger partial charge in [0.15, 0.2) is 0 Å². The minimum atomic E-state index is -1.03. The average Bonchev–Trinajstić information content (AvgIpc) is 2.29. The molecule has 5 N–H and O–H groups in total. The summed E-state index contributed by atoms with van der Waals surface area (Å²) in [4.78, 5) is 23.4. The number of hydrogen-bond donors (Lipinski definition) is 3. The summed E-state index contributed by atoms with van der Waals surface area (Å²) in [5.41, 5.74) is 11.5.